The van der Waals surface area contributed by atoms with Crippen molar-refractivity contribution in [3.8, 4) is 11.5 Å². The highest BCUT2D eigenvalue weighted by atomic mass is 19.1. The molecule has 0 heterocycles. The van der Waals surface area contributed by atoms with Gasteiger partial charge in [0.15, 0.2) is 0 Å². The van der Waals surface area contributed by atoms with Crippen molar-refractivity contribution < 1.29 is 13.9 Å². The SMILES string of the molecule is COc1cc(F)cc(OC)c1[C@@H]1C[C@H]1N. The van der Waals surface area contributed by atoms with E-state index in [0.29, 0.717) is 11.5 Å². The molecule has 2 N–H and O–H groups in total. The summed E-state index contributed by atoms with van der Waals surface area (Å²) in [5, 5.41) is 0. The van der Waals surface area contributed by atoms with Crippen molar-refractivity contribution in [1.82, 2.24) is 0 Å². The molecule has 2 atom stereocenters. The number of ether oxygens (including phenoxy) is 2. The molecular formula is C11H14FNO2. The van der Waals surface area contributed by atoms with E-state index in [2.05, 4.69) is 0 Å². The van der Waals surface area contributed by atoms with Crippen LogP contribution in [-0.2, 0) is 0 Å². The summed E-state index contributed by atoms with van der Waals surface area (Å²) in [6.07, 6.45) is 0.901. The fourth-order valence-electron chi connectivity index (χ4n) is 1.82. The largest absolute Gasteiger partial charge is 0.496 e. The molecule has 0 amide bonds. The molecule has 0 unspecified atom stereocenters. The average molecular weight is 211 g/mol. The first-order chi connectivity index (χ1) is 7.17. The van der Waals surface area contributed by atoms with E-state index >= 15 is 0 Å². The second-order valence-electron chi connectivity index (χ2n) is 3.73. The van der Waals surface area contributed by atoms with Crippen molar-refractivity contribution in [3.05, 3.63) is 23.5 Å². The number of methoxy groups -OCH3 is 2. The maximum Gasteiger partial charge on any atom is 0.130 e. The zero-order valence-electron chi connectivity index (χ0n) is 8.79. The average Bonchev–Trinajstić information content (AvgIpc) is 2.93. The zero-order valence-corrected chi connectivity index (χ0v) is 8.79. The first-order valence-electron chi connectivity index (χ1n) is 4.84. The number of nitrogens with two attached hydrogens (primary N) is 1. The van der Waals surface area contributed by atoms with Crippen LogP contribution in [0.1, 0.15) is 17.9 Å². The minimum Gasteiger partial charge on any atom is -0.496 e. The molecule has 1 saturated carbocycles. The van der Waals surface area contributed by atoms with Gasteiger partial charge in [-0.25, -0.2) is 4.39 Å². The number of hydrogen-bond donors (Lipinski definition) is 1. The molecule has 2 rings (SSSR count). The maximum absolute atomic E-state index is 13.2. The molecule has 0 saturated heterocycles. The molecule has 0 spiro atoms. The fraction of sp³-hybridized carbons (Fsp3) is 0.455. The number of hydrogen-bond acceptors (Lipinski definition) is 3. The van der Waals surface area contributed by atoms with E-state index in [1.165, 1.54) is 26.4 Å². The lowest BCUT2D eigenvalue weighted by Crippen LogP contribution is -2.04. The monoisotopic (exact) mass is 211 g/mol. The van der Waals surface area contributed by atoms with Gasteiger partial charge in [0.1, 0.15) is 17.3 Å². The third-order valence-corrected chi connectivity index (χ3v) is 2.72. The van der Waals surface area contributed by atoms with Crippen LogP contribution in [0.2, 0.25) is 0 Å². The summed E-state index contributed by atoms with van der Waals surface area (Å²) in [5.74, 6) is 0.909. The Morgan fingerprint density at radius 1 is 1.27 bits per heavy atom. The van der Waals surface area contributed by atoms with Crippen LogP contribution in [0, 0.1) is 5.82 Å². The Hall–Kier alpha value is -1.29. The summed E-state index contributed by atoms with van der Waals surface area (Å²) < 4.78 is 23.5. The second kappa shape index (κ2) is 3.70. The van der Waals surface area contributed by atoms with Crippen LogP contribution < -0.4 is 15.2 Å². The summed E-state index contributed by atoms with van der Waals surface area (Å²) in [6, 6.07) is 2.87. The molecule has 4 heteroatoms. The molecule has 1 aromatic carbocycles. The van der Waals surface area contributed by atoms with E-state index in [4.69, 9.17) is 15.2 Å². The number of rotatable bonds is 3. The van der Waals surface area contributed by atoms with Crippen molar-refractivity contribution >= 4 is 0 Å². The highest BCUT2D eigenvalue weighted by Crippen LogP contribution is 2.48. The first kappa shape index (κ1) is 10.2. The summed E-state index contributed by atoms with van der Waals surface area (Å²) in [4.78, 5) is 0. The van der Waals surface area contributed by atoms with E-state index in [0.717, 1.165) is 12.0 Å². The van der Waals surface area contributed by atoms with Gasteiger partial charge in [-0.1, -0.05) is 0 Å². The predicted octanol–water partition coefficient (Wildman–Crippen LogP) is 1.66. The lowest BCUT2D eigenvalue weighted by molar-refractivity contribution is 0.379. The highest BCUT2D eigenvalue weighted by molar-refractivity contribution is 5.50. The number of halogens is 1. The van der Waals surface area contributed by atoms with Gasteiger partial charge in [0, 0.05) is 29.7 Å². The summed E-state index contributed by atoms with van der Waals surface area (Å²) >= 11 is 0. The molecule has 0 aliphatic heterocycles. The Morgan fingerprint density at radius 2 is 1.73 bits per heavy atom. The molecule has 15 heavy (non-hydrogen) atoms. The van der Waals surface area contributed by atoms with Crippen molar-refractivity contribution in [2.45, 2.75) is 18.4 Å². The highest BCUT2D eigenvalue weighted by Gasteiger charge is 2.39. The third-order valence-electron chi connectivity index (χ3n) is 2.72. The summed E-state index contributed by atoms with van der Waals surface area (Å²) in [7, 11) is 3.04. The Kier molecular flexibility index (Phi) is 2.52. The van der Waals surface area contributed by atoms with E-state index < -0.39 is 0 Å². The van der Waals surface area contributed by atoms with Crippen molar-refractivity contribution in [3.63, 3.8) is 0 Å². The third kappa shape index (κ3) is 1.77. The molecule has 82 valence electrons. The molecule has 1 aliphatic carbocycles. The minimum absolute atomic E-state index is 0.137. The van der Waals surface area contributed by atoms with Crippen LogP contribution in [0.25, 0.3) is 0 Å². The standard InChI is InChI=1S/C11H14FNO2/c1-14-9-3-6(12)4-10(15-2)11(9)7-5-8(7)13/h3-4,7-8H,5,13H2,1-2H3/t7-,8-/m1/s1. The Morgan fingerprint density at radius 3 is 2.07 bits per heavy atom. The van der Waals surface area contributed by atoms with Gasteiger partial charge in [0.05, 0.1) is 14.2 Å². The molecule has 1 fully saturated rings. The lowest BCUT2D eigenvalue weighted by Gasteiger charge is -2.12. The molecule has 1 aliphatic rings. The van der Waals surface area contributed by atoms with Crippen molar-refractivity contribution in [2.75, 3.05) is 14.2 Å². The molecule has 0 bridgehead atoms. The zero-order chi connectivity index (χ0) is 11.0. The predicted molar refractivity (Wildman–Crippen MR) is 54.8 cm³/mol. The van der Waals surface area contributed by atoms with Gasteiger partial charge in [-0.15, -0.1) is 0 Å². The van der Waals surface area contributed by atoms with Crippen LogP contribution >= 0.6 is 0 Å². The van der Waals surface area contributed by atoms with E-state index in [9.17, 15) is 4.39 Å². The summed E-state index contributed by atoms with van der Waals surface area (Å²) in [5.41, 5.74) is 6.66. The van der Waals surface area contributed by atoms with Crippen LogP contribution in [0.5, 0.6) is 11.5 Å². The van der Waals surface area contributed by atoms with E-state index in [1.807, 2.05) is 0 Å². The normalized spacial score (nSPS) is 23.7. The van der Waals surface area contributed by atoms with E-state index in [-0.39, 0.29) is 17.8 Å². The molecule has 3 nitrogen and oxygen atoms in total. The maximum atomic E-state index is 13.2. The van der Waals surface area contributed by atoms with Crippen molar-refractivity contribution in [1.29, 1.82) is 0 Å². The van der Waals surface area contributed by atoms with Crippen LogP contribution in [-0.4, -0.2) is 20.3 Å². The molecule has 0 aromatic heterocycles. The van der Waals surface area contributed by atoms with Crippen molar-refractivity contribution in [2.24, 2.45) is 5.73 Å². The van der Waals surface area contributed by atoms with Crippen LogP contribution in [0.15, 0.2) is 12.1 Å². The van der Waals surface area contributed by atoms with Gasteiger partial charge in [0.2, 0.25) is 0 Å². The van der Waals surface area contributed by atoms with Crippen LogP contribution in [0.4, 0.5) is 4.39 Å². The Bertz CT molecular complexity index is 356. The number of benzene rings is 1. The van der Waals surface area contributed by atoms with Gasteiger partial charge < -0.3 is 15.2 Å². The topological polar surface area (TPSA) is 44.5 Å². The minimum atomic E-state index is -0.360. The quantitative estimate of drug-likeness (QED) is 0.826. The van der Waals surface area contributed by atoms with Gasteiger partial charge >= 0.3 is 0 Å². The van der Waals surface area contributed by atoms with E-state index in [1.54, 1.807) is 0 Å². The molecular weight excluding hydrogens is 197 g/mol. The second-order valence-corrected chi connectivity index (χ2v) is 3.73. The van der Waals surface area contributed by atoms with Gasteiger partial charge in [-0.05, 0) is 6.42 Å². The molecule has 1 aromatic rings. The van der Waals surface area contributed by atoms with Gasteiger partial charge in [-0.3, -0.25) is 0 Å². The van der Waals surface area contributed by atoms with Gasteiger partial charge in [0.25, 0.3) is 0 Å². The lowest BCUT2D eigenvalue weighted by atomic mass is 10.1. The summed E-state index contributed by atoms with van der Waals surface area (Å²) in [6.45, 7) is 0. The fourth-order valence-corrected chi connectivity index (χ4v) is 1.82. The molecule has 0 radical (unpaired) electrons. The Labute approximate surface area is 88.0 Å². The van der Waals surface area contributed by atoms with Gasteiger partial charge in [-0.2, -0.15) is 0 Å². The first-order valence-corrected chi connectivity index (χ1v) is 4.84. The smallest absolute Gasteiger partial charge is 0.130 e. The van der Waals surface area contributed by atoms with Crippen LogP contribution in [0.3, 0.4) is 0 Å². The Balaban J connectivity index is 2.48.